The smallest absolute Gasteiger partial charge is 0.416 e. The van der Waals surface area contributed by atoms with Gasteiger partial charge in [0.2, 0.25) is 0 Å². The Morgan fingerprint density at radius 2 is 1.72 bits per heavy atom. The molecule has 2 aromatic rings. The summed E-state index contributed by atoms with van der Waals surface area (Å²) in [5, 5.41) is 2.97. The third-order valence-corrected chi connectivity index (χ3v) is 6.61. The lowest BCUT2D eigenvalue weighted by Gasteiger charge is -2.24. The van der Waals surface area contributed by atoms with Crippen molar-refractivity contribution in [1.29, 1.82) is 0 Å². The van der Waals surface area contributed by atoms with E-state index in [0.29, 0.717) is 5.75 Å². The number of carbonyl (C=O) groups excluding carboxylic acids is 1. The molecule has 3 rings (SSSR count). The zero-order valence-corrected chi connectivity index (χ0v) is 18.3. The van der Waals surface area contributed by atoms with Gasteiger partial charge >= 0.3 is 6.18 Å². The molecule has 0 aromatic heterocycles. The van der Waals surface area contributed by atoms with Crippen LogP contribution in [0.4, 0.5) is 18.9 Å². The number of hydrogen-bond donors (Lipinski definition) is 2. The van der Waals surface area contributed by atoms with Gasteiger partial charge in [0.25, 0.3) is 15.9 Å². The number of benzene rings is 2. The normalized spacial score (nSPS) is 16.2. The average molecular weight is 471 g/mol. The fraction of sp³-hybridized carbons (Fsp3) is 0.409. The first-order valence-corrected chi connectivity index (χ1v) is 11.8. The second-order valence-electron chi connectivity index (χ2n) is 7.76. The minimum atomic E-state index is -4.58. The fourth-order valence-electron chi connectivity index (χ4n) is 3.49. The molecule has 0 saturated heterocycles. The largest absolute Gasteiger partial charge is 0.481 e. The van der Waals surface area contributed by atoms with Crippen LogP contribution in [0.2, 0.25) is 0 Å². The molecular weight excluding hydrogens is 445 g/mol. The topological polar surface area (TPSA) is 84.5 Å². The summed E-state index contributed by atoms with van der Waals surface area (Å²) in [7, 11) is -4.11. The van der Waals surface area contributed by atoms with E-state index in [1.807, 2.05) is 0 Å². The minimum Gasteiger partial charge on any atom is -0.481 e. The van der Waals surface area contributed by atoms with Gasteiger partial charge in [-0.15, -0.1) is 0 Å². The maximum absolute atomic E-state index is 12.8. The molecule has 174 valence electrons. The number of amides is 1. The van der Waals surface area contributed by atoms with Crippen LogP contribution in [0.5, 0.6) is 5.75 Å². The van der Waals surface area contributed by atoms with Crippen LogP contribution in [0, 0.1) is 0 Å². The van der Waals surface area contributed by atoms with Crippen molar-refractivity contribution < 1.29 is 31.1 Å². The highest BCUT2D eigenvalue weighted by molar-refractivity contribution is 7.92. The lowest BCUT2D eigenvalue weighted by atomic mass is 9.95. The van der Waals surface area contributed by atoms with Crippen molar-refractivity contribution in [3.05, 3.63) is 54.1 Å². The summed E-state index contributed by atoms with van der Waals surface area (Å²) >= 11 is 0. The molecule has 32 heavy (non-hydrogen) atoms. The van der Waals surface area contributed by atoms with Crippen LogP contribution >= 0.6 is 0 Å². The number of nitrogens with one attached hydrogen (secondary N) is 2. The van der Waals surface area contributed by atoms with Crippen molar-refractivity contribution in [2.24, 2.45) is 0 Å². The monoisotopic (exact) mass is 470 g/mol. The first-order chi connectivity index (χ1) is 15.0. The second kappa shape index (κ2) is 9.81. The molecule has 0 aliphatic heterocycles. The Morgan fingerprint density at radius 1 is 1.06 bits per heavy atom. The molecule has 0 radical (unpaired) electrons. The molecule has 1 aliphatic carbocycles. The first-order valence-electron chi connectivity index (χ1n) is 10.3. The summed E-state index contributed by atoms with van der Waals surface area (Å²) in [6.45, 7) is 1.61. The Morgan fingerprint density at radius 3 is 2.34 bits per heavy atom. The predicted octanol–water partition coefficient (Wildman–Crippen LogP) is 4.72. The SMILES string of the molecule is C[C@H](Oc1ccc(S(=O)(=O)Nc2cccc(C(F)(F)F)c2)cc1)C(=O)NC1CCCCC1. The van der Waals surface area contributed by atoms with Crippen LogP contribution in [-0.2, 0) is 21.0 Å². The van der Waals surface area contributed by atoms with Gasteiger partial charge in [0.05, 0.1) is 10.5 Å². The van der Waals surface area contributed by atoms with Gasteiger partial charge in [-0.25, -0.2) is 8.42 Å². The van der Waals surface area contributed by atoms with E-state index in [-0.39, 0.29) is 22.5 Å². The van der Waals surface area contributed by atoms with Crippen LogP contribution in [0.25, 0.3) is 0 Å². The number of alkyl halides is 3. The van der Waals surface area contributed by atoms with Crippen LogP contribution in [0.15, 0.2) is 53.4 Å². The molecule has 0 unspecified atom stereocenters. The molecule has 1 fully saturated rings. The van der Waals surface area contributed by atoms with E-state index >= 15 is 0 Å². The Kier molecular flexibility index (Phi) is 7.33. The van der Waals surface area contributed by atoms with E-state index in [4.69, 9.17) is 4.74 Å². The standard InChI is InChI=1S/C22H25F3N2O4S/c1-15(21(28)26-17-7-3-2-4-8-17)31-19-10-12-20(13-11-19)32(29,30)27-18-9-5-6-16(14-18)22(23,24)25/h5-6,9-15,17,27H,2-4,7-8H2,1H3,(H,26,28)/t15-/m0/s1. The van der Waals surface area contributed by atoms with Gasteiger partial charge in [0.1, 0.15) is 5.75 Å². The Hall–Kier alpha value is -2.75. The van der Waals surface area contributed by atoms with Gasteiger partial charge in [0.15, 0.2) is 6.10 Å². The molecule has 6 nitrogen and oxygen atoms in total. The molecule has 1 saturated carbocycles. The predicted molar refractivity (Wildman–Crippen MR) is 114 cm³/mol. The first kappa shape index (κ1) is 23.9. The summed E-state index contributed by atoms with van der Waals surface area (Å²) in [5.41, 5.74) is -1.16. The van der Waals surface area contributed by atoms with Gasteiger partial charge < -0.3 is 10.1 Å². The van der Waals surface area contributed by atoms with Gasteiger partial charge in [-0.3, -0.25) is 9.52 Å². The summed E-state index contributed by atoms with van der Waals surface area (Å²) in [5.74, 6) is 0.0640. The van der Waals surface area contributed by atoms with Gasteiger partial charge in [-0.1, -0.05) is 25.3 Å². The van der Waals surface area contributed by atoms with E-state index in [0.717, 1.165) is 43.9 Å². The summed E-state index contributed by atoms with van der Waals surface area (Å²) in [6, 6.07) is 9.40. The van der Waals surface area contributed by atoms with E-state index in [9.17, 15) is 26.4 Å². The van der Waals surface area contributed by atoms with Crippen molar-refractivity contribution in [3.63, 3.8) is 0 Å². The number of hydrogen-bond acceptors (Lipinski definition) is 4. The Bertz CT molecular complexity index is 1030. The molecule has 10 heteroatoms. The van der Waals surface area contributed by atoms with Crippen molar-refractivity contribution in [2.75, 3.05) is 4.72 Å². The van der Waals surface area contributed by atoms with Crippen LogP contribution in [0.1, 0.15) is 44.6 Å². The number of rotatable bonds is 7. The molecule has 2 aromatic carbocycles. The van der Waals surface area contributed by atoms with Gasteiger partial charge in [0, 0.05) is 11.7 Å². The zero-order valence-electron chi connectivity index (χ0n) is 17.5. The molecule has 1 aliphatic rings. The summed E-state index contributed by atoms with van der Waals surface area (Å²) < 4.78 is 71.3. The van der Waals surface area contributed by atoms with Crippen LogP contribution < -0.4 is 14.8 Å². The average Bonchev–Trinajstić information content (AvgIpc) is 2.74. The Labute approximate surface area is 185 Å². The number of sulfonamides is 1. The molecule has 0 bridgehead atoms. The zero-order chi connectivity index (χ0) is 23.4. The highest BCUT2D eigenvalue weighted by atomic mass is 32.2. The van der Waals surface area contributed by atoms with Crippen LogP contribution in [0.3, 0.4) is 0 Å². The highest BCUT2D eigenvalue weighted by Crippen LogP contribution is 2.31. The van der Waals surface area contributed by atoms with Gasteiger partial charge in [-0.05, 0) is 62.2 Å². The van der Waals surface area contributed by atoms with E-state index in [1.165, 1.54) is 36.8 Å². The molecule has 0 heterocycles. The van der Waals surface area contributed by atoms with Crippen molar-refractivity contribution in [2.45, 2.75) is 62.2 Å². The van der Waals surface area contributed by atoms with E-state index in [2.05, 4.69) is 10.0 Å². The molecule has 2 N–H and O–H groups in total. The number of ether oxygens (including phenoxy) is 1. The molecule has 1 amide bonds. The maximum Gasteiger partial charge on any atom is 0.416 e. The molecule has 1 atom stereocenters. The van der Waals surface area contributed by atoms with E-state index < -0.39 is 27.9 Å². The summed E-state index contributed by atoms with van der Waals surface area (Å²) in [6.07, 6.45) is -0.0950. The van der Waals surface area contributed by atoms with Gasteiger partial charge in [-0.2, -0.15) is 13.2 Å². The second-order valence-corrected chi connectivity index (χ2v) is 9.44. The third kappa shape index (κ3) is 6.38. The maximum atomic E-state index is 12.8. The lowest BCUT2D eigenvalue weighted by Crippen LogP contribution is -2.43. The molecular formula is C22H25F3N2O4S. The molecule has 0 spiro atoms. The fourth-order valence-corrected chi connectivity index (χ4v) is 4.54. The Balaban J connectivity index is 1.62. The number of halogens is 3. The van der Waals surface area contributed by atoms with Crippen molar-refractivity contribution >= 4 is 21.6 Å². The number of carbonyl (C=O) groups is 1. The highest BCUT2D eigenvalue weighted by Gasteiger charge is 2.30. The number of anilines is 1. The third-order valence-electron chi connectivity index (χ3n) is 5.21. The quantitative estimate of drug-likeness (QED) is 0.613. The van der Waals surface area contributed by atoms with Crippen molar-refractivity contribution in [1.82, 2.24) is 5.32 Å². The van der Waals surface area contributed by atoms with E-state index in [1.54, 1.807) is 6.92 Å². The summed E-state index contributed by atoms with van der Waals surface area (Å²) in [4.78, 5) is 12.2. The van der Waals surface area contributed by atoms with Crippen LogP contribution in [-0.4, -0.2) is 26.5 Å². The lowest BCUT2D eigenvalue weighted by molar-refractivity contribution is -0.137. The van der Waals surface area contributed by atoms with Crippen molar-refractivity contribution in [3.8, 4) is 5.75 Å². The minimum absolute atomic E-state index is 0.150.